The molecule has 4 nitrogen and oxygen atoms in total. The zero-order chi connectivity index (χ0) is 16.1. The van der Waals surface area contributed by atoms with Crippen LogP contribution in [0.4, 0.5) is 5.69 Å². The van der Waals surface area contributed by atoms with E-state index in [0.29, 0.717) is 11.8 Å². The number of rotatable bonds is 4. The summed E-state index contributed by atoms with van der Waals surface area (Å²) in [6.45, 7) is 0. The predicted octanol–water partition coefficient (Wildman–Crippen LogP) is 4.50. The van der Waals surface area contributed by atoms with E-state index in [9.17, 15) is 4.79 Å². The summed E-state index contributed by atoms with van der Waals surface area (Å²) in [6, 6.07) is 5.92. The minimum absolute atomic E-state index is 0.157. The van der Waals surface area contributed by atoms with Gasteiger partial charge < -0.3 is 5.32 Å². The highest BCUT2D eigenvalue weighted by Crippen LogP contribution is 2.61. The maximum absolute atomic E-state index is 12.4. The van der Waals surface area contributed by atoms with Gasteiger partial charge in [-0.1, -0.05) is 0 Å². The first kappa shape index (κ1) is 14.5. The molecule has 24 heavy (non-hydrogen) atoms. The standard InChI is InChI=1S/C20H25N3O/c24-19(22-17-2-1-16-12-21-23-18(16)8-17)3-4-20-9-13-5-14(10-20)7-15(6-13)11-20/h1-2,8,12-15H,3-7,9-11H2,(H,21,23)(H,22,24). The molecule has 4 saturated carbocycles. The average Bonchev–Trinajstić information content (AvgIpc) is 2.99. The number of nitrogens with one attached hydrogen (secondary N) is 2. The van der Waals surface area contributed by atoms with Crippen molar-refractivity contribution in [1.29, 1.82) is 0 Å². The molecule has 4 aliphatic rings. The summed E-state index contributed by atoms with van der Waals surface area (Å²) in [4.78, 5) is 12.4. The van der Waals surface area contributed by atoms with Gasteiger partial charge in [0.1, 0.15) is 0 Å². The van der Waals surface area contributed by atoms with Gasteiger partial charge in [-0.15, -0.1) is 0 Å². The fourth-order valence-corrected chi connectivity index (χ4v) is 6.21. The lowest BCUT2D eigenvalue weighted by atomic mass is 9.48. The van der Waals surface area contributed by atoms with Crippen molar-refractivity contribution in [3.8, 4) is 0 Å². The van der Waals surface area contributed by atoms with E-state index >= 15 is 0 Å². The number of nitrogens with zero attached hydrogens (tertiary/aromatic N) is 1. The lowest BCUT2D eigenvalue weighted by Gasteiger charge is -2.57. The van der Waals surface area contributed by atoms with Gasteiger partial charge in [0.2, 0.25) is 5.91 Å². The van der Waals surface area contributed by atoms with Crippen LogP contribution in [0.1, 0.15) is 51.4 Å². The van der Waals surface area contributed by atoms with Crippen LogP contribution >= 0.6 is 0 Å². The van der Waals surface area contributed by atoms with Crippen LogP contribution in [0.2, 0.25) is 0 Å². The van der Waals surface area contributed by atoms with Crippen LogP contribution in [0.5, 0.6) is 0 Å². The summed E-state index contributed by atoms with van der Waals surface area (Å²) in [6.07, 6.45) is 12.1. The van der Waals surface area contributed by atoms with Gasteiger partial charge in [0.05, 0.1) is 11.7 Å². The van der Waals surface area contributed by atoms with Gasteiger partial charge in [0, 0.05) is 17.5 Å². The quantitative estimate of drug-likeness (QED) is 0.870. The highest BCUT2D eigenvalue weighted by Gasteiger charge is 2.50. The molecule has 0 unspecified atom stereocenters. The van der Waals surface area contributed by atoms with Crippen LogP contribution in [-0.4, -0.2) is 16.1 Å². The van der Waals surface area contributed by atoms with E-state index in [4.69, 9.17) is 0 Å². The third kappa shape index (κ3) is 2.52. The molecule has 4 heteroatoms. The Bertz CT molecular complexity index is 743. The first-order valence-electron chi connectivity index (χ1n) is 9.40. The number of hydrogen-bond donors (Lipinski definition) is 2. The SMILES string of the molecule is O=C(CCC12CC3CC(CC(C3)C1)C2)Nc1ccc2cn[nH]c2c1. The molecule has 1 heterocycles. The Balaban J connectivity index is 1.23. The maximum Gasteiger partial charge on any atom is 0.224 e. The Morgan fingerprint density at radius 2 is 1.88 bits per heavy atom. The van der Waals surface area contributed by atoms with E-state index in [1.54, 1.807) is 6.20 Å². The Morgan fingerprint density at radius 3 is 2.58 bits per heavy atom. The molecule has 1 aromatic heterocycles. The van der Waals surface area contributed by atoms with Crippen LogP contribution in [-0.2, 0) is 4.79 Å². The molecule has 126 valence electrons. The number of benzene rings is 1. The number of hydrogen-bond acceptors (Lipinski definition) is 2. The Kier molecular flexibility index (Phi) is 3.22. The van der Waals surface area contributed by atoms with Crippen molar-refractivity contribution in [2.45, 2.75) is 51.4 Å². The van der Waals surface area contributed by atoms with Crippen molar-refractivity contribution in [3.63, 3.8) is 0 Å². The minimum atomic E-state index is 0.157. The zero-order valence-corrected chi connectivity index (χ0v) is 14.1. The van der Waals surface area contributed by atoms with Crippen LogP contribution in [0.3, 0.4) is 0 Å². The summed E-state index contributed by atoms with van der Waals surface area (Å²) in [5.74, 6) is 3.04. The summed E-state index contributed by atoms with van der Waals surface area (Å²) < 4.78 is 0. The van der Waals surface area contributed by atoms with Gasteiger partial charge in [0.25, 0.3) is 0 Å². The average molecular weight is 323 g/mol. The summed E-state index contributed by atoms with van der Waals surface area (Å²) in [5.41, 5.74) is 2.32. The number of fused-ring (bicyclic) bond motifs is 1. The van der Waals surface area contributed by atoms with Gasteiger partial charge in [-0.25, -0.2) is 0 Å². The molecule has 2 aromatic rings. The van der Waals surface area contributed by atoms with Gasteiger partial charge in [0.15, 0.2) is 0 Å². The highest BCUT2D eigenvalue weighted by atomic mass is 16.1. The first-order chi connectivity index (χ1) is 11.7. The molecule has 1 aromatic carbocycles. The van der Waals surface area contributed by atoms with E-state index in [1.165, 1.54) is 38.5 Å². The monoisotopic (exact) mass is 323 g/mol. The predicted molar refractivity (Wildman–Crippen MR) is 94.6 cm³/mol. The van der Waals surface area contributed by atoms with Gasteiger partial charge >= 0.3 is 0 Å². The molecule has 2 N–H and O–H groups in total. The Morgan fingerprint density at radius 1 is 1.17 bits per heavy atom. The topological polar surface area (TPSA) is 57.8 Å². The van der Waals surface area contributed by atoms with Crippen LogP contribution in [0.15, 0.2) is 24.4 Å². The molecule has 4 aliphatic carbocycles. The van der Waals surface area contributed by atoms with E-state index < -0.39 is 0 Å². The van der Waals surface area contributed by atoms with Gasteiger partial charge in [-0.3, -0.25) is 9.89 Å². The summed E-state index contributed by atoms with van der Waals surface area (Å²) in [7, 11) is 0. The Hall–Kier alpha value is -1.84. The molecule has 0 atom stereocenters. The summed E-state index contributed by atoms with van der Waals surface area (Å²) in [5, 5.41) is 11.1. The molecule has 0 aliphatic heterocycles. The second kappa shape index (κ2) is 5.33. The molecule has 4 bridgehead atoms. The van der Waals surface area contributed by atoms with Crippen LogP contribution < -0.4 is 5.32 Å². The number of anilines is 1. The maximum atomic E-state index is 12.4. The first-order valence-corrected chi connectivity index (χ1v) is 9.40. The third-order valence-corrected chi connectivity index (χ3v) is 6.77. The molecule has 1 amide bonds. The normalized spacial score (nSPS) is 33.9. The second-order valence-corrected chi connectivity index (χ2v) is 8.64. The highest BCUT2D eigenvalue weighted by molar-refractivity contribution is 5.93. The molecule has 0 spiro atoms. The molecule has 0 radical (unpaired) electrons. The van der Waals surface area contributed by atoms with E-state index in [2.05, 4.69) is 15.5 Å². The number of aromatic amines is 1. The molecular formula is C20H25N3O. The van der Waals surface area contributed by atoms with Crippen molar-refractivity contribution in [3.05, 3.63) is 24.4 Å². The van der Waals surface area contributed by atoms with E-state index in [0.717, 1.165) is 40.8 Å². The zero-order valence-electron chi connectivity index (χ0n) is 14.1. The van der Waals surface area contributed by atoms with Gasteiger partial charge in [-0.05, 0) is 86.3 Å². The summed E-state index contributed by atoms with van der Waals surface area (Å²) >= 11 is 0. The minimum Gasteiger partial charge on any atom is -0.326 e. The largest absolute Gasteiger partial charge is 0.326 e. The van der Waals surface area contributed by atoms with Crippen molar-refractivity contribution < 1.29 is 4.79 Å². The van der Waals surface area contributed by atoms with Crippen LogP contribution in [0.25, 0.3) is 10.9 Å². The fourth-order valence-electron chi connectivity index (χ4n) is 6.21. The second-order valence-electron chi connectivity index (χ2n) is 8.64. The number of H-pyrrole nitrogens is 1. The van der Waals surface area contributed by atoms with Crippen molar-refractivity contribution >= 4 is 22.5 Å². The molecule has 0 saturated heterocycles. The number of amides is 1. The van der Waals surface area contributed by atoms with E-state index in [1.807, 2.05) is 18.2 Å². The van der Waals surface area contributed by atoms with Gasteiger partial charge in [-0.2, -0.15) is 5.10 Å². The van der Waals surface area contributed by atoms with E-state index in [-0.39, 0.29) is 5.91 Å². The molecular weight excluding hydrogens is 298 g/mol. The lowest BCUT2D eigenvalue weighted by Crippen LogP contribution is -2.46. The lowest BCUT2D eigenvalue weighted by molar-refractivity contribution is -0.118. The number of carbonyl (C=O) groups is 1. The van der Waals surface area contributed by atoms with Crippen molar-refractivity contribution in [2.24, 2.45) is 23.2 Å². The third-order valence-electron chi connectivity index (χ3n) is 6.77. The molecule has 4 fully saturated rings. The van der Waals surface area contributed by atoms with Crippen molar-refractivity contribution in [1.82, 2.24) is 10.2 Å². The van der Waals surface area contributed by atoms with Crippen molar-refractivity contribution in [2.75, 3.05) is 5.32 Å². The number of carbonyl (C=O) groups excluding carboxylic acids is 1. The smallest absolute Gasteiger partial charge is 0.224 e. The van der Waals surface area contributed by atoms with Crippen LogP contribution in [0, 0.1) is 23.2 Å². The fraction of sp³-hybridized carbons (Fsp3) is 0.600. The molecule has 6 rings (SSSR count). The number of aromatic nitrogens is 2. The Labute approximate surface area is 142 Å².